The number of benzene rings is 1. The molecule has 0 unspecified atom stereocenters. The van der Waals surface area contributed by atoms with E-state index in [1.54, 1.807) is 12.1 Å². The molecule has 1 aliphatic carbocycles. The normalized spacial score (nSPS) is 16.3. The molecule has 1 aromatic rings. The van der Waals surface area contributed by atoms with Gasteiger partial charge in [0.05, 0.1) is 5.56 Å². The van der Waals surface area contributed by atoms with Crippen molar-refractivity contribution in [2.45, 2.75) is 45.2 Å². The molecule has 1 saturated carbocycles. The number of aromatic carboxylic acids is 1. The van der Waals surface area contributed by atoms with Gasteiger partial charge in [0.25, 0.3) is 0 Å². The first-order valence-corrected chi connectivity index (χ1v) is 6.77. The van der Waals surface area contributed by atoms with E-state index in [-0.39, 0.29) is 0 Å². The van der Waals surface area contributed by atoms with Gasteiger partial charge in [-0.1, -0.05) is 31.9 Å². The molecule has 0 radical (unpaired) electrons. The molecule has 0 aromatic heterocycles. The molecule has 3 nitrogen and oxygen atoms in total. The number of rotatable bonds is 5. The second-order valence-electron chi connectivity index (χ2n) is 5.00. The average molecular weight is 247 g/mol. The number of nitrogens with zero attached hydrogens (tertiary/aromatic N) is 1. The van der Waals surface area contributed by atoms with Crippen molar-refractivity contribution in [3.8, 4) is 0 Å². The van der Waals surface area contributed by atoms with Gasteiger partial charge in [-0.25, -0.2) is 4.79 Å². The third-order valence-corrected chi connectivity index (χ3v) is 3.83. The van der Waals surface area contributed by atoms with Crippen LogP contribution in [0.25, 0.3) is 0 Å². The van der Waals surface area contributed by atoms with Crippen LogP contribution in [0, 0.1) is 0 Å². The SMILES string of the molecule is CCN(Cc1ccc(C(=O)O)cc1)C1CCCC1. The zero-order chi connectivity index (χ0) is 13.0. The van der Waals surface area contributed by atoms with E-state index in [0.717, 1.165) is 13.1 Å². The summed E-state index contributed by atoms with van der Waals surface area (Å²) in [5, 5.41) is 8.87. The Balaban J connectivity index is 2.00. The number of hydrogen-bond donors (Lipinski definition) is 1. The highest BCUT2D eigenvalue weighted by Crippen LogP contribution is 2.24. The summed E-state index contributed by atoms with van der Waals surface area (Å²) in [5.74, 6) is -0.857. The van der Waals surface area contributed by atoms with Crippen molar-refractivity contribution in [3.05, 3.63) is 35.4 Å². The quantitative estimate of drug-likeness (QED) is 0.869. The molecule has 0 amide bonds. The van der Waals surface area contributed by atoms with Crippen molar-refractivity contribution in [2.24, 2.45) is 0 Å². The van der Waals surface area contributed by atoms with Crippen molar-refractivity contribution in [1.82, 2.24) is 4.90 Å². The van der Waals surface area contributed by atoms with Gasteiger partial charge in [0.1, 0.15) is 0 Å². The fourth-order valence-corrected chi connectivity index (χ4v) is 2.76. The van der Waals surface area contributed by atoms with Crippen molar-refractivity contribution in [1.29, 1.82) is 0 Å². The van der Waals surface area contributed by atoms with E-state index in [2.05, 4.69) is 11.8 Å². The molecular weight excluding hydrogens is 226 g/mol. The maximum atomic E-state index is 10.8. The summed E-state index contributed by atoms with van der Waals surface area (Å²) in [6.07, 6.45) is 5.31. The van der Waals surface area contributed by atoms with Gasteiger partial charge in [0.15, 0.2) is 0 Å². The number of carboxylic acids is 1. The van der Waals surface area contributed by atoms with Gasteiger partial charge in [0.2, 0.25) is 0 Å². The highest BCUT2D eigenvalue weighted by Gasteiger charge is 2.21. The maximum absolute atomic E-state index is 10.8. The van der Waals surface area contributed by atoms with Crippen LogP contribution in [0.3, 0.4) is 0 Å². The Hall–Kier alpha value is -1.35. The highest BCUT2D eigenvalue weighted by molar-refractivity contribution is 5.87. The van der Waals surface area contributed by atoms with Crippen LogP contribution in [0.5, 0.6) is 0 Å². The summed E-state index contributed by atoms with van der Waals surface area (Å²) in [5.41, 5.74) is 1.57. The lowest BCUT2D eigenvalue weighted by atomic mass is 10.1. The van der Waals surface area contributed by atoms with Gasteiger partial charge in [-0.3, -0.25) is 4.90 Å². The highest BCUT2D eigenvalue weighted by atomic mass is 16.4. The van der Waals surface area contributed by atoms with Gasteiger partial charge >= 0.3 is 5.97 Å². The van der Waals surface area contributed by atoms with Gasteiger partial charge in [-0.15, -0.1) is 0 Å². The Bertz CT molecular complexity index is 393. The Morgan fingerprint density at radius 3 is 2.39 bits per heavy atom. The van der Waals surface area contributed by atoms with E-state index in [9.17, 15) is 4.79 Å². The van der Waals surface area contributed by atoms with Crippen LogP contribution in [0.2, 0.25) is 0 Å². The minimum absolute atomic E-state index is 0.364. The number of carboxylic acid groups (broad SMARTS) is 1. The van der Waals surface area contributed by atoms with Crippen LogP contribution in [-0.4, -0.2) is 28.6 Å². The molecule has 18 heavy (non-hydrogen) atoms. The number of hydrogen-bond acceptors (Lipinski definition) is 2. The molecule has 98 valence electrons. The molecule has 0 spiro atoms. The monoisotopic (exact) mass is 247 g/mol. The Morgan fingerprint density at radius 2 is 1.89 bits per heavy atom. The van der Waals surface area contributed by atoms with Crippen LogP contribution < -0.4 is 0 Å². The molecule has 0 aliphatic heterocycles. The minimum Gasteiger partial charge on any atom is -0.478 e. The van der Waals surface area contributed by atoms with Crippen LogP contribution in [0.4, 0.5) is 0 Å². The topological polar surface area (TPSA) is 40.5 Å². The van der Waals surface area contributed by atoms with Crippen LogP contribution in [0.15, 0.2) is 24.3 Å². The Labute approximate surface area is 108 Å². The fourth-order valence-electron chi connectivity index (χ4n) is 2.76. The lowest BCUT2D eigenvalue weighted by Crippen LogP contribution is -2.32. The molecule has 1 aromatic carbocycles. The van der Waals surface area contributed by atoms with Gasteiger partial charge < -0.3 is 5.11 Å². The van der Waals surface area contributed by atoms with Crippen LogP contribution >= 0.6 is 0 Å². The summed E-state index contributed by atoms with van der Waals surface area (Å²) in [4.78, 5) is 13.3. The molecular formula is C15H21NO2. The zero-order valence-corrected chi connectivity index (χ0v) is 10.9. The second-order valence-corrected chi connectivity index (χ2v) is 5.00. The summed E-state index contributed by atoms with van der Waals surface area (Å²) < 4.78 is 0. The number of carbonyl (C=O) groups is 1. The molecule has 0 heterocycles. The third kappa shape index (κ3) is 3.10. The maximum Gasteiger partial charge on any atom is 0.335 e. The first-order valence-electron chi connectivity index (χ1n) is 6.77. The molecule has 0 bridgehead atoms. The first-order chi connectivity index (χ1) is 8.70. The molecule has 1 fully saturated rings. The predicted molar refractivity (Wildman–Crippen MR) is 71.7 cm³/mol. The van der Waals surface area contributed by atoms with E-state index < -0.39 is 5.97 Å². The fraction of sp³-hybridized carbons (Fsp3) is 0.533. The first kappa shape index (κ1) is 13.1. The Morgan fingerprint density at radius 1 is 1.28 bits per heavy atom. The lowest BCUT2D eigenvalue weighted by Gasteiger charge is -2.27. The predicted octanol–water partition coefficient (Wildman–Crippen LogP) is 3.15. The van der Waals surface area contributed by atoms with Crippen molar-refractivity contribution >= 4 is 5.97 Å². The Kier molecular flexibility index (Phi) is 4.37. The van der Waals surface area contributed by atoms with Crippen molar-refractivity contribution in [2.75, 3.05) is 6.54 Å². The zero-order valence-electron chi connectivity index (χ0n) is 10.9. The smallest absolute Gasteiger partial charge is 0.335 e. The summed E-state index contributed by atoms with van der Waals surface area (Å²) in [6.45, 7) is 4.19. The van der Waals surface area contributed by atoms with E-state index >= 15 is 0 Å². The third-order valence-electron chi connectivity index (χ3n) is 3.83. The molecule has 2 rings (SSSR count). The van der Waals surface area contributed by atoms with Gasteiger partial charge in [-0.05, 0) is 37.1 Å². The molecule has 0 atom stereocenters. The van der Waals surface area contributed by atoms with E-state index in [0.29, 0.717) is 11.6 Å². The summed E-state index contributed by atoms with van der Waals surface area (Å²) >= 11 is 0. The van der Waals surface area contributed by atoms with Gasteiger partial charge in [-0.2, -0.15) is 0 Å². The van der Waals surface area contributed by atoms with Crippen LogP contribution in [0.1, 0.15) is 48.5 Å². The molecule has 1 aliphatic rings. The summed E-state index contributed by atoms with van der Waals surface area (Å²) in [6, 6.07) is 7.97. The van der Waals surface area contributed by atoms with E-state index in [4.69, 9.17) is 5.11 Å². The van der Waals surface area contributed by atoms with Crippen molar-refractivity contribution < 1.29 is 9.90 Å². The minimum atomic E-state index is -0.857. The van der Waals surface area contributed by atoms with E-state index in [1.807, 2.05) is 12.1 Å². The molecule has 3 heteroatoms. The largest absolute Gasteiger partial charge is 0.478 e. The van der Waals surface area contributed by atoms with E-state index in [1.165, 1.54) is 31.2 Å². The molecule has 0 saturated heterocycles. The van der Waals surface area contributed by atoms with Crippen molar-refractivity contribution in [3.63, 3.8) is 0 Å². The standard InChI is InChI=1S/C15H21NO2/c1-2-16(14-5-3-4-6-14)11-12-7-9-13(10-8-12)15(17)18/h7-10,14H,2-6,11H2,1H3,(H,17,18). The molecule has 1 N–H and O–H groups in total. The van der Waals surface area contributed by atoms with Crippen LogP contribution in [-0.2, 0) is 6.54 Å². The second kappa shape index (κ2) is 6.01. The van der Waals surface area contributed by atoms with Gasteiger partial charge in [0, 0.05) is 12.6 Å². The lowest BCUT2D eigenvalue weighted by molar-refractivity contribution is 0.0697. The average Bonchev–Trinajstić information content (AvgIpc) is 2.90. The summed E-state index contributed by atoms with van der Waals surface area (Å²) in [7, 11) is 0.